The van der Waals surface area contributed by atoms with Crippen LogP contribution in [0.5, 0.6) is 0 Å². The Bertz CT molecular complexity index is 613. The van der Waals surface area contributed by atoms with Crippen molar-refractivity contribution in [2.45, 2.75) is 45.6 Å². The average molecular weight is 360 g/mol. The molecule has 6 nitrogen and oxygen atoms in total. The Labute approximate surface area is 154 Å². The van der Waals surface area contributed by atoms with E-state index in [9.17, 15) is 14.4 Å². The zero-order valence-electron chi connectivity index (χ0n) is 15.6. The SMILES string of the molecule is CCOC(=O)CCN(CC1CC1)C(=O)CC(NC(C)=O)c1ccccc1. The molecule has 0 bridgehead atoms. The van der Waals surface area contributed by atoms with Gasteiger partial charge in [0.1, 0.15) is 0 Å². The van der Waals surface area contributed by atoms with Crippen LogP contribution in [-0.2, 0) is 19.1 Å². The van der Waals surface area contributed by atoms with Crippen molar-refractivity contribution in [1.29, 1.82) is 0 Å². The standard InChI is InChI=1S/C20H28N2O4/c1-3-26-20(25)11-12-22(14-16-9-10-16)19(24)13-18(21-15(2)23)17-7-5-4-6-8-17/h4-8,16,18H,3,9-14H2,1-2H3,(H,21,23). The maximum atomic E-state index is 12.9. The van der Waals surface area contributed by atoms with Crippen molar-refractivity contribution in [2.75, 3.05) is 19.7 Å². The van der Waals surface area contributed by atoms with Gasteiger partial charge >= 0.3 is 5.97 Å². The quantitative estimate of drug-likeness (QED) is 0.650. The minimum absolute atomic E-state index is 0.0520. The number of hydrogen-bond acceptors (Lipinski definition) is 4. The largest absolute Gasteiger partial charge is 0.466 e. The molecule has 0 radical (unpaired) electrons. The second kappa shape index (κ2) is 9.94. The molecular weight excluding hydrogens is 332 g/mol. The van der Waals surface area contributed by atoms with Crippen LogP contribution in [0.1, 0.15) is 51.1 Å². The third-order valence-corrected chi connectivity index (χ3v) is 4.38. The van der Waals surface area contributed by atoms with Crippen molar-refractivity contribution in [3.05, 3.63) is 35.9 Å². The molecular formula is C20H28N2O4. The molecule has 0 aromatic heterocycles. The molecule has 1 aliphatic rings. The first-order chi connectivity index (χ1) is 12.5. The van der Waals surface area contributed by atoms with Crippen molar-refractivity contribution in [3.63, 3.8) is 0 Å². The summed E-state index contributed by atoms with van der Waals surface area (Å²) in [7, 11) is 0. The summed E-state index contributed by atoms with van der Waals surface area (Å²) in [4.78, 5) is 37.8. The third-order valence-electron chi connectivity index (χ3n) is 4.38. The van der Waals surface area contributed by atoms with Crippen molar-refractivity contribution < 1.29 is 19.1 Å². The van der Waals surface area contributed by atoms with E-state index in [1.54, 1.807) is 11.8 Å². The van der Waals surface area contributed by atoms with Gasteiger partial charge in [0.2, 0.25) is 11.8 Å². The lowest BCUT2D eigenvalue weighted by Crippen LogP contribution is -2.38. The van der Waals surface area contributed by atoms with E-state index in [4.69, 9.17) is 4.74 Å². The fourth-order valence-electron chi connectivity index (χ4n) is 2.88. The van der Waals surface area contributed by atoms with E-state index in [2.05, 4.69) is 5.32 Å². The highest BCUT2D eigenvalue weighted by Gasteiger charge is 2.28. The Kier molecular flexibility index (Phi) is 7.63. The molecule has 1 aromatic carbocycles. The fraction of sp³-hybridized carbons (Fsp3) is 0.550. The summed E-state index contributed by atoms with van der Waals surface area (Å²) >= 11 is 0. The summed E-state index contributed by atoms with van der Waals surface area (Å²) in [6.07, 6.45) is 2.62. The topological polar surface area (TPSA) is 75.7 Å². The van der Waals surface area contributed by atoms with Crippen LogP contribution in [0.2, 0.25) is 0 Å². The number of carbonyl (C=O) groups is 3. The second-order valence-corrected chi connectivity index (χ2v) is 6.71. The van der Waals surface area contributed by atoms with Crippen LogP contribution in [-0.4, -0.2) is 42.4 Å². The van der Waals surface area contributed by atoms with Gasteiger partial charge in [-0.25, -0.2) is 0 Å². The van der Waals surface area contributed by atoms with Crippen LogP contribution in [0, 0.1) is 5.92 Å². The van der Waals surface area contributed by atoms with Gasteiger partial charge in [0.05, 0.1) is 25.5 Å². The van der Waals surface area contributed by atoms with Crippen molar-refractivity contribution in [2.24, 2.45) is 5.92 Å². The lowest BCUT2D eigenvalue weighted by Gasteiger charge is -2.25. The minimum Gasteiger partial charge on any atom is -0.466 e. The number of amides is 2. The Balaban J connectivity index is 2.01. The van der Waals surface area contributed by atoms with E-state index in [-0.39, 0.29) is 36.7 Å². The van der Waals surface area contributed by atoms with E-state index in [0.29, 0.717) is 25.6 Å². The third kappa shape index (κ3) is 6.86. The molecule has 142 valence electrons. The maximum absolute atomic E-state index is 12.9. The number of nitrogens with zero attached hydrogens (tertiary/aromatic N) is 1. The first kappa shape index (κ1) is 19.9. The summed E-state index contributed by atoms with van der Waals surface area (Å²) in [6, 6.07) is 9.10. The number of hydrogen-bond donors (Lipinski definition) is 1. The van der Waals surface area contributed by atoms with Gasteiger partial charge in [-0.05, 0) is 31.2 Å². The molecule has 2 rings (SSSR count). The summed E-state index contributed by atoms with van der Waals surface area (Å²) in [5.41, 5.74) is 0.896. The molecule has 1 aliphatic carbocycles. The molecule has 1 fully saturated rings. The first-order valence-electron chi connectivity index (χ1n) is 9.25. The van der Waals surface area contributed by atoms with E-state index < -0.39 is 0 Å². The summed E-state index contributed by atoms with van der Waals surface area (Å²) in [5.74, 6) is 0.00961. The number of benzene rings is 1. The number of carbonyl (C=O) groups excluding carboxylic acids is 3. The molecule has 0 aliphatic heterocycles. The summed E-state index contributed by atoms with van der Waals surface area (Å²) in [6.45, 7) is 4.58. The Morgan fingerprint density at radius 1 is 1.23 bits per heavy atom. The molecule has 6 heteroatoms. The molecule has 1 atom stereocenters. The van der Waals surface area contributed by atoms with Gasteiger partial charge in [-0.3, -0.25) is 14.4 Å². The van der Waals surface area contributed by atoms with Crippen LogP contribution >= 0.6 is 0 Å². The van der Waals surface area contributed by atoms with Crippen molar-refractivity contribution >= 4 is 17.8 Å². The normalized spacial score (nSPS) is 14.4. The average Bonchev–Trinajstić information content (AvgIpc) is 3.42. The van der Waals surface area contributed by atoms with Crippen LogP contribution < -0.4 is 5.32 Å². The highest BCUT2D eigenvalue weighted by atomic mass is 16.5. The summed E-state index contributed by atoms with van der Waals surface area (Å²) in [5, 5.41) is 2.86. The monoisotopic (exact) mass is 360 g/mol. The smallest absolute Gasteiger partial charge is 0.307 e. The van der Waals surface area contributed by atoms with E-state index in [1.165, 1.54) is 6.92 Å². The van der Waals surface area contributed by atoms with Gasteiger partial charge in [-0.1, -0.05) is 30.3 Å². The molecule has 0 spiro atoms. The highest BCUT2D eigenvalue weighted by molar-refractivity contribution is 5.80. The van der Waals surface area contributed by atoms with Crippen LogP contribution in [0.4, 0.5) is 0 Å². The number of esters is 1. The summed E-state index contributed by atoms with van der Waals surface area (Å²) < 4.78 is 4.96. The predicted molar refractivity (Wildman–Crippen MR) is 98.2 cm³/mol. The molecule has 0 saturated heterocycles. The highest BCUT2D eigenvalue weighted by Crippen LogP contribution is 2.30. The molecule has 1 unspecified atom stereocenters. The Morgan fingerprint density at radius 3 is 2.50 bits per heavy atom. The molecule has 0 heterocycles. The fourth-order valence-corrected chi connectivity index (χ4v) is 2.88. The maximum Gasteiger partial charge on any atom is 0.307 e. The molecule has 1 N–H and O–H groups in total. The van der Waals surface area contributed by atoms with Crippen molar-refractivity contribution in [3.8, 4) is 0 Å². The molecule has 1 saturated carbocycles. The van der Waals surface area contributed by atoms with Crippen LogP contribution in [0.3, 0.4) is 0 Å². The van der Waals surface area contributed by atoms with Gasteiger partial charge < -0.3 is 15.0 Å². The number of ether oxygens (including phenoxy) is 1. The zero-order valence-corrected chi connectivity index (χ0v) is 15.6. The first-order valence-corrected chi connectivity index (χ1v) is 9.25. The van der Waals surface area contributed by atoms with E-state index >= 15 is 0 Å². The Morgan fingerprint density at radius 2 is 1.92 bits per heavy atom. The van der Waals surface area contributed by atoms with Crippen LogP contribution in [0.15, 0.2) is 30.3 Å². The van der Waals surface area contributed by atoms with E-state index in [1.807, 2.05) is 30.3 Å². The van der Waals surface area contributed by atoms with Gasteiger partial charge in [0.15, 0.2) is 0 Å². The lowest BCUT2D eigenvalue weighted by molar-refractivity contribution is -0.144. The van der Waals surface area contributed by atoms with Gasteiger partial charge in [0, 0.05) is 20.0 Å². The predicted octanol–water partition coefficient (Wildman–Crippen LogP) is 2.45. The number of nitrogens with one attached hydrogen (secondary N) is 1. The van der Waals surface area contributed by atoms with Gasteiger partial charge in [-0.2, -0.15) is 0 Å². The lowest BCUT2D eigenvalue weighted by atomic mass is 10.0. The second-order valence-electron chi connectivity index (χ2n) is 6.71. The van der Waals surface area contributed by atoms with Gasteiger partial charge in [-0.15, -0.1) is 0 Å². The van der Waals surface area contributed by atoms with E-state index in [0.717, 1.165) is 18.4 Å². The molecule has 26 heavy (non-hydrogen) atoms. The molecule has 2 amide bonds. The number of rotatable bonds is 10. The molecule has 1 aromatic rings. The zero-order chi connectivity index (χ0) is 18.9. The van der Waals surface area contributed by atoms with Gasteiger partial charge in [0.25, 0.3) is 0 Å². The van der Waals surface area contributed by atoms with Crippen LogP contribution in [0.25, 0.3) is 0 Å². The van der Waals surface area contributed by atoms with Crippen molar-refractivity contribution in [1.82, 2.24) is 10.2 Å². The minimum atomic E-state index is -0.370. The Hall–Kier alpha value is -2.37.